The number of fused-ring (bicyclic) bond motifs is 1. The molecule has 2 aliphatic heterocycles. The van der Waals surface area contributed by atoms with Crippen LogP contribution in [0.5, 0.6) is 0 Å². The van der Waals surface area contributed by atoms with Crippen LogP contribution in [0.15, 0.2) is 54.9 Å². The van der Waals surface area contributed by atoms with Gasteiger partial charge in [0.25, 0.3) is 0 Å². The zero-order valence-corrected chi connectivity index (χ0v) is 15.9. The minimum absolute atomic E-state index is 0.780. The second-order valence-corrected chi connectivity index (χ2v) is 8.04. The summed E-state index contributed by atoms with van der Waals surface area (Å²) in [5.41, 5.74) is 4.79. The molecule has 1 unspecified atom stereocenters. The number of hydrogen-bond acceptors (Lipinski definition) is 3. The van der Waals surface area contributed by atoms with Crippen LogP contribution >= 0.6 is 0 Å². The van der Waals surface area contributed by atoms with Crippen LogP contribution in [0, 0.1) is 0 Å². The highest BCUT2D eigenvalue weighted by Gasteiger charge is 2.28. The third-order valence-corrected chi connectivity index (χ3v) is 6.23. The van der Waals surface area contributed by atoms with E-state index in [1.165, 1.54) is 63.1 Å². The molecule has 27 heavy (non-hydrogen) atoms. The molecule has 0 amide bonds. The van der Waals surface area contributed by atoms with Crippen LogP contribution in [0.2, 0.25) is 0 Å². The SMILES string of the molecule is c1ccc2c(c1)ncn2-c1ccc(CN2CCC(N3CCCCC3)C2)cc1. The lowest BCUT2D eigenvalue weighted by atomic mass is 10.1. The maximum atomic E-state index is 4.50. The number of benzene rings is 2. The lowest BCUT2D eigenvalue weighted by Crippen LogP contribution is -2.40. The summed E-state index contributed by atoms with van der Waals surface area (Å²) >= 11 is 0. The topological polar surface area (TPSA) is 24.3 Å². The first-order valence-electron chi connectivity index (χ1n) is 10.3. The van der Waals surface area contributed by atoms with E-state index in [1.807, 2.05) is 12.4 Å². The first-order chi connectivity index (χ1) is 13.4. The van der Waals surface area contributed by atoms with Crippen molar-refractivity contribution in [2.45, 2.75) is 38.3 Å². The standard InChI is InChI=1S/C23H28N4/c1-4-13-26(14-5-1)21-12-15-25(17-21)16-19-8-10-20(11-9-19)27-18-24-22-6-2-3-7-23(22)27/h2-3,6-11,18,21H,1,4-5,12-17H2. The molecule has 2 saturated heterocycles. The summed E-state index contributed by atoms with van der Waals surface area (Å²) in [7, 11) is 0. The molecule has 140 valence electrons. The highest BCUT2D eigenvalue weighted by Crippen LogP contribution is 2.23. The number of hydrogen-bond donors (Lipinski definition) is 0. The van der Waals surface area contributed by atoms with Gasteiger partial charge in [-0.25, -0.2) is 4.98 Å². The fourth-order valence-corrected chi connectivity index (χ4v) is 4.72. The predicted molar refractivity (Wildman–Crippen MR) is 110 cm³/mol. The Balaban J connectivity index is 1.25. The summed E-state index contributed by atoms with van der Waals surface area (Å²) in [6, 6.07) is 18.1. The molecular weight excluding hydrogens is 332 g/mol. The van der Waals surface area contributed by atoms with Gasteiger partial charge in [0.1, 0.15) is 6.33 Å². The van der Waals surface area contributed by atoms with E-state index in [0.29, 0.717) is 0 Å². The molecule has 0 bridgehead atoms. The maximum absolute atomic E-state index is 4.50. The second kappa shape index (κ2) is 7.45. The Labute approximate surface area is 161 Å². The van der Waals surface area contributed by atoms with Crippen LogP contribution in [0.1, 0.15) is 31.2 Å². The van der Waals surface area contributed by atoms with Crippen molar-refractivity contribution in [2.24, 2.45) is 0 Å². The number of likely N-dealkylation sites (tertiary alicyclic amines) is 2. The quantitative estimate of drug-likeness (QED) is 0.700. The van der Waals surface area contributed by atoms with Crippen molar-refractivity contribution in [3.63, 3.8) is 0 Å². The summed E-state index contributed by atoms with van der Waals surface area (Å²) in [5, 5.41) is 0. The highest BCUT2D eigenvalue weighted by atomic mass is 15.3. The first kappa shape index (κ1) is 17.0. The molecule has 5 rings (SSSR count). The van der Waals surface area contributed by atoms with E-state index >= 15 is 0 Å². The van der Waals surface area contributed by atoms with Gasteiger partial charge >= 0.3 is 0 Å². The number of piperidine rings is 1. The minimum atomic E-state index is 0.780. The Morgan fingerprint density at radius 3 is 2.56 bits per heavy atom. The smallest absolute Gasteiger partial charge is 0.100 e. The Kier molecular flexibility index (Phi) is 4.68. The number of para-hydroxylation sites is 2. The summed E-state index contributed by atoms with van der Waals surface area (Å²) in [6.45, 7) is 6.15. The summed E-state index contributed by atoms with van der Waals surface area (Å²) in [6.07, 6.45) is 7.45. The van der Waals surface area contributed by atoms with E-state index < -0.39 is 0 Å². The molecule has 0 aliphatic carbocycles. The molecule has 1 aromatic heterocycles. The van der Waals surface area contributed by atoms with E-state index in [1.54, 1.807) is 0 Å². The van der Waals surface area contributed by atoms with Gasteiger partial charge in [-0.05, 0) is 62.2 Å². The van der Waals surface area contributed by atoms with Crippen molar-refractivity contribution in [3.8, 4) is 5.69 Å². The predicted octanol–water partition coefficient (Wildman–Crippen LogP) is 4.09. The van der Waals surface area contributed by atoms with Gasteiger partial charge in [0, 0.05) is 31.4 Å². The van der Waals surface area contributed by atoms with E-state index in [0.717, 1.165) is 23.6 Å². The van der Waals surface area contributed by atoms with Gasteiger partial charge in [0.05, 0.1) is 11.0 Å². The van der Waals surface area contributed by atoms with E-state index in [-0.39, 0.29) is 0 Å². The van der Waals surface area contributed by atoms with Crippen molar-refractivity contribution >= 4 is 11.0 Å². The molecule has 1 atom stereocenters. The van der Waals surface area contributed by atoms with E-state index in [9.17, 15) is 0 Å². The van der Waals surface area contributed by atoms with E-state index in [2.05, 4.69) is 61.8 Å². The summed E-state index contributed by atoms with van der Waals surface area (Å²) in [5.74, 6) is 0. The lowest BCUT2D eigenvalue weighted by molar-refractivity contribution is 0.161. The number of rotatable bonds is 4. The Morgan fingerprint density at radius 1 is 0.889 bits per heavy atom. The zero-order valence-electron chi connectivity index (χ0n) is 15.9. The number of aromatic nitrogens is 2. The monoisotopic (exact) mass is 360 g/mol. The van der Waals surface area contributed by atoms with Gasteiger partial charge in [0.15, 0.2) is 0 Å². The summed E-state index contributed by atoms with van der Waals surface area (Å²) < 4.78 is 2.17. The van der Waals surface area contributed by atoms with Crippen molar-refractivity contribution in [1.29, 1.82) is 0 Å². The van der Waals surface area contributed by atoms with Gasteiger partial charge in [-0.2, -0.15) is 0 Å². The highest BCUT2D eigenvalue weighted by molar-refractivity contribution is 5.77. The molecule has 4 heteroatoms. The maximum Gasteiger partial charge on any atom is 0.100 e. The molecular formula is C23H28N4. The normalized spacial score (nSPS) is 21.9. The van der Waals surface area contributed by atoms with Gasteiger partial charge in [-0.1, -0.05) is 30.7 Å². The van der Waals surface area contributed by atoms with Crippen molar-refractivity contribution in [1.82, 2.24) is 19.4 Å². The molecule has 0 radical (unpaired) electrons. The van der Waals surface area contributed by atoms with Gasteiger partial charge in [-0.15, -0.1) is 0 Å². The van der Waals surface area contributed by atoms with Crippen LogP contribution in [0.4, 0.5) is 0 Å². The molecule has 2 aliphatic rings. The zero-order chi connectivity index (χ0) is 18.1. The second-order valence-electron chi connectivity index (χ2n) is 8.04. The van der Waals surface area contributed by atoms with Crippen LogP contribution in [-0.4, -0.2) is 51.6 Å². The van der Waals surface area contributed by atoms with Crippen LogP contribution < -0.4 is 0 Å². The van der Waals surface area contributed by atoms with Gasteiger partial charge < -0.3 is 0 Å². The van der Waals surface area contributed by atoms with Crippen molar-refractivity contribution in [3.05, 3.63) is 60.4 Å². The third-order valence-electron chi connectivity index (χ3n) is 6.23. The Morgan fingerprint density at radius 2 is 1.70 bits per heavy atom. The van der Waals surface area contributed by atoms with Crippen LogP contribution in [0.25, 0.3) is 16.7 Å². The largest absolute Gasteiger partial charge is 0.299 e. The Hall–Kier alpha value is -2.17. The fraction of sp³-hybridized carbons (Fsp3) is 0.435. The lowest BCUT2D eigenvalue weighted by Gasteiger charge is -2.32. The molecule has 2 aromatic carbocycles. The molecule has 3 heterocycles. The molecule has 4 nitrogen and oxygen atoms in total. The van der Waals surface area contributed by atoms with E-state index in [4.69, 9.17) is 0 Å². The first-order valence-corrected chi connectivity index (χ1v) is 10.3. The van der Waals surface area contributed by atoms with Crippen LogP contribution in [-0.2, 0) is 6.54 Å². The number of nitrogens with zero attached hydrogens (tertiary/aromatic N) is 4. The third kappa shape index (κ3) is 3.52. The molecule has 2 fully saturated rings. The molecule has 3 aromatic rings. The van der Waals surface area contributed by atoms with Crippen molar-refractivity contribution < 1.29 is 0 Å². The molecule has 0 N–H and O–H groups in total. The average molecular weight is 361 g/mol. The Bertz CT molecular complexity index is 892. The molecule has 0 spiro atoms. The summed E-state index contributed by atoms with van der Waals surface area (Å²) in [4.78, 5) is 9.86. The van der Waals surface area contributed by atoms with Gasteiger partial charge in [-0.3, -0.25) is 14.4 Å². The molecule has 0 saturated carbocycles. The minimum Gasteiger partial charge on any atom is -0.299 e. The van der Waals surface area contributed by atoms with Crippen LogP contribution in [0.3, 0.4) is 0 Å². The van der Waals surface area contributed by atoms with Gasteiger partial charge in [0.2, 0.25) is 0 Å². The fourth-order valence-electron chi connectivity index (χ4n) is 4.72. The van der Waals surface area contributed by atoms with Crippen molar-refractivity contribution in [2.75, 3.05) is 26.2 Å². The number of imidazole rings is 1. The average Bonchev–Trinajstić information content (AvgIpc) is 3.37.